The number of rotatable bonds is 11. The molecule has 182 valence electrons. The number of halogens is 1. The van der Waals surface area contributed by atoms with Crippen LogP contribution in [0, 0.1) is 0 Å². The fourth-order valence-electron chi connectivity index (χ4n) is 3.04. The largest absolute Gasteiger partial charge is 0.425 e. The first-order valence-electron chi connectivity index (χ1n) is 9.77. The number of esters is 2. The van der Waals surface area contributed by atoms with E-state index in [4.69, 9.17) is 25.8 Å². The van der Waals surface area contributed by atoms with Crippen molar-refractivity contribution in [3.8, 4) is 0 Å². The van der Waals surface area contributed by atoms with Crippen LogP contribution in [0.3, 0.4) is 0 Å². The first-order valence-corrected chi connectivity index (χ1v) is 11.4. The molecular weight excluding hydrogens is 482 g/mol. The van der Waals surface area contributed by atoms with Crippen molar-refractivity contribution in [3.63, 3.8) is 0 Å². The fraction of sp³-hybridized carbons (Fsp3) is 0.579. The Morgan fingerprint density at radius 1 is 1.27 bits per heavy atom. The molecule has 2 rings (SSSR count). The van der Waals surface area contributed by atoms with E-state index in [9.17, 15) is 24.0 Å². The van der Waals surface area contributed by atoms with Gasteiger partial charge in [-0.3, -0.25) is 24.1 Å². The summed E-state index contributed by atoms with van der Waals surface area (Å²) in [6.07, 6.45) is -1.07. The van der Waals surface area contributed by atoms with Crippen molar-refractivity contribution in [2.24, 2.45) is 5.16 Å². The molecule has 0 aromatic carbocycles. The minimum atomic E-state index is -1.17. The van der Waals surface area contributed by atoms with Crippen LogP contribution in [0.2, 0.25) is 0 Å². The standard InChI is InChI=1S/C19H24ClN3O9S/c1-5-12(25)31-9(2)32-19(28)15-10(7-29-3)8-33-18-14(17(27)23(15)18)21-16(26)13(22-30-4)11(24)6-20/h9,14,18H,5-8H2,1-4H3,(H,21,26)/t9?,14?,18-/m1/s1. The zero-order chi connectivity index (χ0) is 24.7. The number of ketones is 1. The summed E-state index contributed by atoms with van der Waals surface area (Å²) in [6.45, 7) is 3.03. The molecule has 3 atom stereocenters. The monoisotopic (exact) mass is 505 g/mol. The van der Waals surface area contributed by atoms with Gasteiger partial charge in [-0.05, 0) is 5.57 Å². The predicted molar refractivity (Wildman–Crippen MR) is 116 cm³/mol. The minimum absolute atomic E-state index is 0.0434. The van der Waals surface area contributed by atoms with Gasteiger partial charge in [-0.25, -0.2) is 4.79 Å². The molecule has 33 heavy (non-hydrogen) atoms. The summed E-state index contributed by atoms with van der Waals surface area (Å²) in [4.78, 5) is 67.1. The third-order valence-corrected chi connectivity index (χ3v) is 6.07. The van der Waals surface area contributed by atoms with Gasteiger partial charge < -0.3 is 24.4 Å². The number of nitrogens with zero attached hydrogens (tertiary/aromatic N) is 2. The SMILES string of the molecule is CCC(=O)OC(C)OC(=O)C1=C(COC)CS[C@@H]2C(NC(=O)C(=NOC)C(=O)CCl)C(=O)N12. The highest BCUT2D eigenvalue weighted by Crippen LogP contribution is 2.40. The van der Waals surface area contributed by atoms with E-state index in [1.165, 1.54) is 30.7 Å². The second-order valence-corrected chi connectivity index (χ2v) is 8.11. The molecule has 14 heteroatoms. The van der Waals surface area contributed by atoms with Gasteiger partial charge in [0.15, 0.2) is 0 Å². The molecule has 1 saturated heterocycles. The van der Waals surface area contributed by atoms with Crippen LogP contribution < -0.4 is 5.32 Å². The van der Waals surface area contributed by atoms with Gasteiger partial charge >= 0.3 is 11.9 Å². The molecule has 2 aliphatic rings. The summed E-state index contributed by atoms with van der Waals surface area (Å²) < 4.78 is 15.3. The lowest BCUT2D eigenvalue weighted by Gasteiger charge is -2.49. The number of Topliss-reactive ketones (excluding diaryl/α,β-unsaturated/α-hetero) is 1. The minimum Gasteiger partial charge on any atom is -0.425 e. The average molecular weight is 506 g/mol. The average Bonchev–Trinajstić information content (AvgIpc) is 2.79. The maximum Gasteiger partial charge on any atom is 0.358 e. The van der Waals surface area contributed by atoms with Gasteiger partial charge in [-0.2, -0.15) is 0 Å². The first kappa shape index (κ1) is 26.6. The highest BCUT2D eigenvalue weighted by Gasteiger charge is 2.55. The lowest BCUT2D eigenvalue weighted by atomic mass is 10.0. The highest BCUT2D eigenvalue weighted by atomic mass is 35.5. The number of carbonyl (C=O) groups is 5. The molecule has 12 nitrogen and oxygen atoms in total. The van der Waals surface area contributed by atoms with Crippen LogP contribution in [0.4, 0.5) is 0 Å². The van der Waals surface area contributed by atoms with Gasteiger partial charge in [0.25, 0.3) is 11.8 Å². The third-order valence-electron chi connectivity index (χ3n) is 4.49. The Bertz CT molecular complexity index is 892. The molecule has 0 spiro atoms. The zero-order valence-corrected chi connectivity index (χ0v) is 20.0. The Morgan fingerprint density at radius 3 is 2.55 bits per heavy atom. The van der Waals surface area contributed by atoms with Crippen LogP contribution in [-0.2, 0) is 43.0 Å². The Balaban J connectivity index is 2.20. The van der Waals surface area contributed by atoms with E-state index in [2.05, 4.69) is 15.3 Å². The third kappa shape index (κ3) is 6.03. The van der Waals surface area contributed by atoms with E-state index in [0.29, 0.717) is 11.3 Å². The summed E-state index contributed by atoms with van der Waals surface area (Å²) in [5, 5.41) is 5.16. The van der Waals surface area contributed by atoms with Gasteiger partial charge in [0.1, 0.15) is 24.2 Å². The zero-order valence-electron chi connectivity index (χ0n) is 18.4. The van der Waals surface area contributed by atoms with E-state index in [-0.39, 0.29) is 18.7 Å². The van der Waals surface area contributed by atoms with Crippen LogP contribution >= 0.6 is 23.4 Å². The van der Waals surface area contributed by atoms with Crippen molar-refractivity contribution in [3.05, 3.63) is 11.3 Å². The summed E-state index contributed by atoms with van der Waals surface area (Å²) in [7, 11) is 2.59. The Labute approximate surface area is 198 Å². The van der Waals surface area contributed by atoms with Crippen molar-refractivity contribution in [1.82, 2.24) is 10.2 Å². The van der Waals surface area contributed by atoms with Crippen molar-refractivity contribution in [2.75, 3.05) is 32.5 Å². The Morgan fingerprint density at radius 2 is 1.97 bits per heavy atom. The highest BCUT2D eigenvalue weighted by molar-refractivity contribution is 8.00. The van der Waals surface area contributed by atoms with Gasteiger partial charge in [0, 0.05) is 26.2 Å². The van der Waals surface area contributed by atoms with Crippen molar-refractivity contribution in [1.29, 1.82) is 0 Å². The topological polar surface area (TPSA) is 150 Å². The number of methoxy groups -OCH3 is 1. The lowest BCUT2D eigenvalue weighted by molar-refractivity contribution is -0.184. The number of amides is 2. The van der Waals surface area contributed by atoms with E-state index < -0.39 is 58.8 Å². The molecule has 2 unspecified atom stereocenters. The normalized spacial score (nSPS) is 20.9. The number of ether oxygens (including phenoxy) is 3. The molecule has 0 aromatic heterocycles. The van der Waals surface area contributed by atoms with E-state index >= 15 is 0 Å². The first-order chi connectivity index (χ1) is 15.7. The number of alkyl halides is 1. The maximum atomic E-state index is 12.9. The number of thioether (sulfide) groups is 1. The molecule has 2 aliphatic heterocycles. The van der Waals surface area contributed by atoms with E-state index in [0.717, 1.165) is 7.11 Å². The number of carbonyl (C=O) groups excluding carboxylic acids is 5. The molecule has 2 amide bonds. The molecule has 0 bridgehead atoms. The number of oxime groups is 1. The van der Waals surface area contributed by atoms with Gasteiger partial charge in [0.05, 0.1) is 12.5 Å². The fourth-order valence-corrected chi connectivity index (χ4v) is 4.49. The number of β-lactam (4-membered cyclic amide) rings is 1. The molecular formula is C19H24ClN3O9S. The van der Waals surface area contributed by atoms with E-state index in [1.807, 2.05) is 0 Å². The number of nitrogens with one attached hydrogen (secondary N) is 1. The van der Waals surface area contributed by atoms with Crippen LogP contribution in [0.15, 0.2) is 16.4 Å². The Kier molecular flexibility index (Phi) is 9.68. The molecule has 1 N–H and O–H groups in total. The second kappa shape index (κ2) is 12.0. The summed E-state index contributed by atoms with van der Waals surface area (Å²) in [6, 6.07) is -1.03. The van der Waals surface area contributed by atoms with Crippen LogP contribution in [0.5, 0.6) is 0 Å². The number of fused-ring (bicyclic) bond motifs is 1. The van der Waals surface area contributed by atoms with Crippen LogP contribution in [-0.4, -0.2) is 90.3 Å². The predicted octanol–water partition coefficient (Wildman–Crippen LogP) is -0.0605. The van der Waals surface area contributed by atoms with Gasteiger partial charge in [-0.1, -0.05) is 12.1 Å². The smallest absolute Gasteiger partial charge is 0.358 e. The summed E-state index contributed by atoms with van der Waals surface area (Å²) in [5.74, 6) is -3.94. The number of hydrogen-bond acceptors (Lipinski definition) is 11. The van der Waals surface area contributed by atoms with Crippen molar-refractivity contribution >= 4 is 58.6 Å². The quantitative estimate of drug-likeness (QED) is 0.0769. The molecule has 0 saturated carbocycles. The molecule has 0 radical (unpaired) electrons. The number of hydrogen-bond donors (Lipinski definition) is 1. The van der Waals surface area contributed by atoms with Gasteiger partial charge in [-0.15, -0.1) is 23.4 Å². The van der Waals surface area contributed by atoms with Crippen LogP contribution in [0.25, 0.3) is 0 Å². The molecule has 0 aliphatic carbocycles. The van der Waals surface area contributed by atoms with Crippen molar-refractivity contribution < 1.29 is 43.0 Å². The summed E-state index contributed by atoms with van der Waals surface area (Å²) in [5.41, 5.74) is -0.130. The summed E-state index contributed by atoms with van der Waals surface area (Å²) >= 11 is 6.77. The lowest BCUT2D eigenvalue weighted by Crippen LogP contribution is -2.71. The second-order valence-electron chi connectivity index (χ2n) is 6.74. The van der Waals surface area contributed by atoms with Gasteiger partial charge in [0.2, 0.25) is 17.8 Å². The molecule has 1 fully saturated rings. The van der Waals surface area contributed by atoms with Crippen molar-refractivity contribution in [2.45, 2.75) is 38.0 Å². The van der Waals surface area contributed by atoms with E-state index in [1.54, 1.807) is 6.92 Å². The maximum absolute atomic E-state index is 12.9. The Hall–Kier alpha value is -2.64. The van der Waals surface area contributed by atoms with Crippen LogP contribution in [0.1, 0.15) is 20.3 Å². The molecule has 0 aromatic rings. The molecule has 2 heterocycles.